The summed E-state index contributed by atoms with van der Waals surface area (Å²) < 4.78 is 0. The highest BCUT2D eigenvalue weighted by Crippen LogP contribution is 2.17. The van der Waals surface area contributed by atoms with E-state index in [9.17, 15) is 19.8 Å². The molecule has 0 saturated carbocycles. The maximum Gasteiger partial charge on any atom is 0.193 e. The van der Waals surface area contributed by atoms with Gasteiger partial charge in [-0.25, -0.2) is 0 Å². The van der Waals surface area contributed by atoms with Crippen molar-refractivity contribution in [2.45, 2.75) is 38.9 Å². The van der Waals surface area contributed by atoms with Gasteiger partial charge in [-0.2, -0.15) is 0 Å². The zero-order chi connectivity index (χ0) is 14.1. The molecule has 0 amide bonds. The number of carbonyl (C=O) groups is 2. The summed E-state index contributed by atoms with van der Waals surface area (Å²) in [5, 5.41) is 19.3. The molecular weight excluding hydrogens is 232 g/mol. The van der Waals surface area contributed by atoms with Gasteiger partial charge in [0.2, 0.25) is 0 Å². The molecule has 0 spiro atoms. The summed E-state index contributed by atoms with van der Waals surface area (Å²) >= 11 is 0. The molecule has 1 aromatic rings. The normalized spacial score (nSPS) is 12.3. The van der Waals surface area contributed by atoms with Crippen molar-refractivity contribution >= 4 is 11.6 Å². The molecule has 0 atom stereocenters. The van der Waals surface area contributed by atoms with Crippen LogP contribution in [0.3, 0.4) is 0 Å². The highest BCUT2D eigenvalue weighted by molar-refractivity contribution is 6.06. The number of hydrogen-bond donors (Lipinski definition) is 2. The fraction of sp³-hybridized carbons (Fsp3) is 0.429. The van der Waals surface area contributed by atoms with Crippen LogP contribution in [0.4, 0.5) is 0 Å². The Morgan fingerprint density at radius 3 is 1.50 bits per heavy atom. The van der Waals surface area contributed by atoms with Crippen molar-refractivity contribution in [1.82, 2.24) is 0 Å². The van der Waals surface area contributed by atoms with Crippen LogP contribution < -0.4 is 0 Å². The van der Waals surface area contributed by atoms with Gasteiger partial charge >= 0.3 is 0 Å². The predicted octanol–water partition coefficient (Wildman–Crippen LogP) is 1.59. The van der Waals surface area contributed by atoms with Gasteiger partial charge in [0, 0.05) is 11.1 Å². The molecule has 2 N–H and O–H groups in total. The Bertz CT molecular complexity index is 434. The van der Waals surface area contributed by atoms with Crippen LogP contribution in [0.1, 0.15) is 48.4 Å². The predicted molar refractivity (Wildman–Crippen MR) is 67.7 cm³/mol. The van der Waals surface area contributed by atoms with Gasteiger partial charge in [0.15, 0.2) is 11.6 Å². The molecule has 0 aliphatic rings. The SMILES string of the molecule is CC(C)(O)C(=O)c1cccc(C(=O)C(C)(C)O)c1. The molecule has 0 saturated heterocycles. The molecule has 98 valence electrons. The quantitative estimate of drug-likeness (QED) is 0.796. The summed E-state index contributed by atoms with van der Waals surface area (Å²) in [4.78, 5) is 23.7. The molecule has 0 aromatic heterocycles. The lowest BCUT2D eigenvalue weighted by molar-refractivity contribution is 0.0480. The molecule has 0 bridgehead atoms. The number of Topliss-reactive ketones (excluding diaryl/α,β-unsaturated/α-hetero) is 2. The van der Waals surface area contributed by atoms with E-state index in [4.69, 9.17) is 0 Å². The summed E-state index contributed by atoms with van der Waals surface area (Å²) in [5.41, 5.74) is -2.48. The zero-order valence-corrected chi connectivity index (χ0v) is 11.0. The van der Waals surface area contributed by atoms with Crippen LogP contribution in [-0.2, 0) is 0 Å². The Kier molecular flexibility index (Phi) is 3.74. The fourth-order valence-electron chi connectivity index (χ4n) is 1.51. The molecule has 1 rings (SSSR count). The first-order chi connectivity index (χ1) is 8.03. The first kappa shape index (κ1) is 14.5. The average Bonchev–Trinajstić information content (AvgIpc) is 2.24. The second-order valence-electron chi connectivity index (χ2n) is 5.36. The van der Waals surface area contributed by atoms with E-state index in [1.54, 1.807) is 6.07 Å². The van der Waals surface area contributed by atoms with Gasteiger partial charge in [-0.1, -0.05) is 18.2 Å². The summed E-state index contributed by atoms with van der Waals surface area (Å²) in [5.74, 6) is -0.930. The number of benzene rings is 1. The Labute approximate surface area is 106 Å². The van der Waals surface area contributed by atoms with Gasteiger partial charge in [-0.05, 0) is 33.8 Å². The van der Waals surface area contributed by atoms with Gasteiger partial charge in [0.05, 0.1) is 0 Å². The van der Waals surface area contributed by atoms with Crippen LogP contribution in [0.5, 0.6) is 0 Å². The maximum absolute atomic E-state index is 11.9. The summed E-state index contributed by atoms with van der Waals surface area (Å²) in [6, 6.07) is 6.00. The molecule has 0 unspecified atom stereocenters. The van der Waals surface area contributed by atoms with Gasteiger partial charge in [0.1, 0.15) is 11.2 Å². The lowest BCUT2D eigenvalue weighted by Gasteiger charge is -2.18. The lowest BCUT2D eigenvalue weighted by atomic mass is 9.92. The molecule has 4 heteroatoms. The molecule has 0 aliphatic heterocycles. The third-order valence-corrected chi connectivity index (χ3v) is 2.50. The van der Waals surface area contributed by atoms with Gasteiger partial charge in [-0.3, -0.25) is 9.59 Å². The number of aliphatic hydroxyl groups is 2. The van der Waals surface area contributed by atoms with E-state index in [2.05, 4.69) is 0 Å². The van der Waals surface area contributed by atoms with E-state index in [-0.39, 0.29) is 11.1 Å². The molecular formula is C14H18O4. The van der Waals surface area contributed by atoms with Crippen molar-refractivity contribution in [3.05, 3.63) is 35.4 Å². The zero-order valence-electron chi connectivity index (χ0n) is 11.0. The third-order valence-electron chi connectivity index (χ3n) is 2.50. The number of rotatable bonds is 4. The topological polar surface area (TPSA) is 74.6 Å². The summed E-state index contributed by atoms with van der Waals surface area (Å²) in [6.45, 7) is 5.55. The summed E-state index contributed by atoms with van der Waals surface area (Å²) in [6.07, 6.45) is 0. The van der Waals surface area contributed by atoms with E-state index in [1.807, 2.05) is 0 Å². The second-order valence-corrected chi connectivity index (χ2v) is 5.36. The highest BCUT2D eigenvalue weighted by atomic mass is 16.3. The van der Waals surface area contributed by atoms with E-state index in [0.717, 1.165) is 0 Å². The van der Waals surface area contributed by atoms with Crippen LogP contribution in [0.2, 0.25) is 0 Å². The van der Waals surface area contributed by atoms with Crippen LogP contribution in [0.25, 0.3) is 0 Å². The molecule has 1 aromatic carbocycles. The third kappa shape index (κ3) is 3.24. The Morgan fingerprint density at radius 2 is 1.22 bits per heavy atom. The van der Waals surface area contributed by atoms with Crippen LogP contribution in [-0.4, -0.2) is 33.0 Å². The molecule has 18 heavy (non-hydrogen) atoms. The van der Waals surface area contributed by atoms with Crippen molar-refractivity contribution in [1.29, 1.82) is 0 Å². The van der Waals surface area contributed by atoms with Gasteiger partial charge in [0.25, 0.3) is 0 Å². The van der Waals surface area contributed by atoms with Gasteiger partial charge < -0.3 is 10.2 Å². The van der Waals surface area contributed by atoms with E-state index >= 15 is 0 Å². The van der Waals surface area contributed by atoms with E-state index < -0.39 is 22.8 Å². The number of carbonyl (C=O) groups excluding carboxylic acids is 2. The molecule has 4 nitrogen and oxygen atoms in total. The number of hydrogen-bond acceptors (Lipinski definition) is 4. The number of ketones is 2. The van der Waals surface area contributed by atoms with Crippen LogP contribution in [0.15, 0.2) is 24.3 Å². The first-order valence-electron chi connectivity index (χ1n) is 5.68. The smallest absolute Gasteiger partial charge is 0.193 e. The van der Waals surface area contributed by atoms with Crippen molar-refractivity contribution in [3.8, 4) is 0 Å². The minimum atomic E-state index is -1.49. The molecule has 0 aliphatic carbocycles. The minimum Gasteiger partial charge on any atom is -0.382 e. The van der Waals surface area contributed by atoms with Crippen LogP contribution in [0, 0.1) is 0 Å². The van der Waals surface area contributed by atoms with E-state index in [0.29, 0.717) is 0 Å². The van der Waals surface area contributed by atoms with Crippen molar-refractivity contribution < 1.29 is 19.8 Å². The van der Waals surface area contributed by atoms with E-state index in [1.165, 1.54) is 45.9 Å². The monoisotopic (exact) mass is 250 g/mol. The average molecular weight is 250 g/mol. The Hall–Kier alpha value is -1.52. The molecule has 0 radical (unpaired) electrons. The minimum absolute atomic E-state index is 0.248. The standard InChI is InChI=1S/C14H18O4/c1-13(2,17)11(15)9-6-5-7-10(8-9)12(16)14(3,4)18/h5-8,17-18H,1-4H3. The maximum atomic E-state index is 11.9. The largest absolute Gasteiger partial charge is 0.382 e. The second kappa shape index (κ2) is 4.63. The first-order valence-corrected chi connectivity index (χ1v) is 5.68. The van der Waals surface area contributed by atoms with Crippen LogP contribution >= 0.6 is 0 Å². The van der Waals surface area contributed by atoms with Crippen molar-refractivity contribution in [2.24, 2.45) is 0 Å². The fourth-order valence-corrected chi connectivity index (χ4v) is 1.51. The van der Waals surface area contributed by atoms with Gasteiger partial charge in [-0.15, -0.1) is 0 Å². The summed E-state index contributed by atoms with van der Waals surface area (Å²) in [7, 11) is 0. The van der Waals surface area contributed by atoms with Crippen molar-refractivity contribution in [2.75, 3.05) is 0 Å². The Balaban J connectivity index is 3.16. The lowest BCUT2D eigenvalue weighted by Crippen LogP contribution is -2.33. The van der Waals surface area contributed by atoms with Crippen molar-refractivity contribution in [3.63, 3.8) is 0 Å². The Morgan fingerprint density at radius 1 is 0.889 bits per heavy atom. The highest BCUT2D eigenvalue weighted by Gasteiger charge is 2.28. The molecule has 0 heterocycles. The molecule has 0 fully saturated rings.